The first kappa shape index (κ1) is 25.2. The number of carbonyl (C=O) groups excluding carboxylic acids is 1. The fourth-order valence-electron chi connectivity index (χ4n) is 3.19. The zero-order valence-corrected chi connectivity index (χ0v) is 21.3. The van der Waals surface area contributed by atoms with Crippen LogP contribution in [0.1, 0.15) is 28.6 Å². The molecule has 0 aliphatic rings. The average molecular weight is 552 g/mol. The number of hydrogen-bond donors (Lipinski definition) is 1. The number of nitrogens with zero attached hydrogens (tertiary/aromatic N) is 1. The van der Waals surface area contributed by atoms with Gasteiger partial charge in [0.1, 0.15) is 17.9 Å². The van der Waals surface area contributed by atoms with Crippen LogP contribution >= 0.6 is 46.4 Å². The molecule has 0 spiro atoms. The maximum atomic E-state index is 12.4. The summed E-state index contributed by atoms with van der Waals surface area (Å²) in [5.74, 6) is 0.625. The summed E-state index contributed by atoms with van der Waals surface area (Å²) in [7, 11) is 0. The average Bonchev–Trinajstić information content (AvgIpc) is 3.24. The fraction of sp³-hybridized carbons (Fsp3) is 0.120. The summed E-state index contributed by atoms with van der Waals surface area (Å²) in [6.45, 7) is 2.64. The normalized spacial score (nSPS) is 11.2. The van der Waals surface area contributed by atoms with E-state index in [9.17, 15) is 4.79 Å². The molecule has 0 atom stereocenters. The maximum Gasteiger partial charge on any atom is 0.307 e. The molecule has 0 aliphatic carbocycles. The smallest absolute Gasteiger partial charge is 0.307 e. The summed E-state index contributed by atoms with van der Waals surface area (Å²) in [5.41, 5.74) is 4.36. The summed E-state index contributed by atoms with van der Waals surface area (Å²) in [5, 5.41) is 6.17. The van der Waals surface area contributed by atoms with Crippen LogP contribution in [0.4, 0.5) is 0 Å². The molecule has 0 saturated carbocycles. The lowest BCUT2D eigenvalue weighted by Crippen LogP contribution is -2.16. The third-order valence-electron chi connectivity index (χ3n) is 4.79. The summed E-state index contributed by atoms with van der Waals surface area (Å²) >= 11 is 24.7. The number of ether oxygens (including phenoxy) is 2. The first-order valence-corrected chi connectivity index (χ1v) is 11.9. The molecule has 0 bridgehead atoms. The zero-order valence-electron chi connectivity index (χ0n) is 18.3. The van der Waals surface area contributed by atoms with Gasteiger partial charge in [0.25, 0.3) is 0 Å². The lowest BCUT2D eigenvalue weighted by atomic mass is 10.2. The van der Waals surface area contributed by atoms with Gasteiger partial charge >= 0.3 is 5.91 Å². The SMILES string of the molecule is CCOc1ccc2oc(C(=O)N/N=C/c3cc(Cl)c(OCc4ccc(Cl)c(Cl)c4)c(Cl)c3)cc2c1. The summed E-state index contributed by atoms with van der Waals surface area (Å²) in [4.78, 5) is 12.4. The highest BCUT2D eigenvalue weighted by atomic mass is 35.5. The van der Waals surface area contributed by atoms with Crippen LogP contribution in [0.25, 0.3) is 11.0 Å². The Morgan fingerprint density at radius 1 is 0.943 bits per heavy atom. The summed E-state index contributed by atoms with van der Waals surface area (Å²) in [6.07, 6.45) is 1.41. The molecule has 0 fully saturated rings. The predicted octanol–water partition coefficient (Wildman–Crippen LogP) is 7.79. The van der Waals surface area contributed by atoms with E-state index in [1.54, 1.807) is 54.6 Å². The molecule has 1 aromatic heterocycles. The fourth-order valence-corrected chi connectivity index (χ4v) is 4.12. The Morgan fingerprint density at radius 3 is 2.43 bits per heavy atom. The summed E-state index contributed by atoms with van der Waals surface area (Å²) in [6, 6.07) is 15.4. The third-order valence-corrected chi connectivity index (χ3v) is 6.09. The third kappa shape index (κ3) is 6.21. The number of hydrazone groups is 1. The molecule has 4 rings (SSSR count). The molecule has 0 aliphatic heterocycles. The Balaban J connectivity index is 1.40. The van der Waals surface area contributed by atoms with Crippen LogP contribution in [0.3, 0.4) is 0 Å². The Hall–Kier alpha value is -2.90. The molecule has 0 saturated heterocycles. The predicted molar refractivity (Wildman–Crippen MR) is 140 cm³/mol. The van der Waals surface area contributed by atoms with Crippen molar-refractivity contribution in [1.29, 1.82) is 0 Å². The van der Waals surface area contributed by atoms with Gasteiger partial charge in [-0.3, -0.25) is 4.79 Å². The second-order valence-electron chi connectivity index (χ2n) is 7.29. The van der Waals surface area contributed by atoms with E-state index in [1.807, 2.05) is 6.92 Å². The zero-order chi connectivity index (χ0) is 24.9. The highest BCUT2D eigenvalue weighted by molar-refractivity contribution is 6.42. The first-order chi connectivity index (χ1) is 16.8. The van der Waals surface area contributed by atoms with Gasteiger partial charge in [0.05, 0.1) is 32.9 Å². The van der Waals surface area contributed by atoms with Gasteiger partial charge in [-0.15, -0.1) is 0 Å². The molecule has 35 heavy (non-hydrogen) atoms. The molecule has 1 heterocycles. The van der Waals surface area contributed by atoms with E-state index in [1.165, 1.54) is 6.21 Å². The summed E-state index contributed by atoms with van der Waals surface area (Å²) < 4.78 is 16.8. The molecule has 180 valence electrons. The topological polar surface area (TPSA) is 73.1 Å². The van der Waals surface area contributed by atoms with Crippen LogP contribution in [0.2, 0.25) is 20.1 Å². The number of amides is 1. The molecule has 6 nitrogen and oxygen atoms in total. The quantitative estimate of drug-likeness (QED) is 0.179. The number of nitrogens with one attached hydrogen (secondary N) is 1. The second-order valence-corrected chi connectivity index (χ2v) is 8.92. The van der Waals surface area contributed by atoms with Crippen molar-refractivity contribution in [2.45, 2.75) is 13.5 Å². The van der Waals surface area contributed by atoms with E-state index < -0.39 is 5.91 Å². The van der Waals surface area contributed by atoms with Crippen LogP contribution < -0.4 is 14.9 Å². The number of carbonyl (C=O) groups is 1. The van der Waals surface area contributed by atoms with Crippen molar-refractivity contribution in [3.05, 3.63) is 91.6 Å². The number of furan rings is 1. The van der Waals surface area contributed by atoms with Crippen molar-refractivity contribution in [1.82, 2.24) is 5.43 Å². The highest BCUT2D eigenvalue weighted by Gasteiger charge is 2.13. The lowest BCUT2D eigenvalue weighted by molar-refractivity contribution is 0.0929. The van der Waals surface area contributed by atoms with Gasteiger partial charge in [-0.2, -0.15) is 5.10 Å². The van der Waals surface area contributed by atoms with Crippen LogP contribution in [0.15, 0.2) is 64.1 Å². The Labute approximate surface area is 221 Å². The van der Waals surface area contributed by atoms with Crippen molar-refractivity contribution in [2.75, 3.05) is 6.61 Å². The Kier molecular flexibility index (Phi) is 8.08. The minimum atomic E-state index is -0.505. The highest BCUT2D eigenvalue weighted by Crippen LogP contribution is 2.35. The van der Waals surface area contributed by atoms with Crippen LogP contribution in [0, 0.1) is 0 Å². The van der Waals surface area contributed by atoms with Crippen LogP contribution in [0.5, 0.6) is 11.5 Å². The monoisotopic (exact) mass is 550 g/mol. The molecular formula is C25H18Cl4N2O4. The van der Waals surface area contributed by atoms with Crippen molar-refractivity contribution >= 4 is 69.5 Å². The van der Waals surface area contributed by atoms with Gasteiger partial charge in [-0.05, 0) is 66.6 Å². The van der Waals surface area contributed by atoms with Gasteiger partial charge in [-0.25, -0.2) is 5.43 Å². The van der Waals surface area contributed by atoms with E-state index in [-0.39, 0.29) is 22.4 Å². The molecular weight excluding hydrogens is 534 g/mol. The van der Waals surface area contributed by atoms with Gasteiger partial charge in [0.15, 0.2) is 11.5 Å². The van der Waals surface area contributed by atoms with Crippen molar-refractivity contribution in [2.24, 2.45) is 5.10 Å². The van der Waals surface area contributed by atoms with E-state index in [4.69, 9.17) is 60.3 Å². The molecule has 1 amide bonds. The van der Waals surface area contributed by atoms with Crippen LogP contribution in [-0.2, 0) is 6.61 Å². The number of benzene rings is 3. The second kappa shape index (κ2) is 11.2. The number of halogens is 4. The number of hydrogen-bond acceptors (Lipinski definition) is 5. The molecule has 10 heteroatoms. The van der Waals surface area contributed by atoms with E-state index >= 15 is 0 Å². The molecule has 3 aromatic carbocycles. The minimum absolute atomic E-state index is 0.118. The largest absolute Gasteiger partial charge is 0.494 e. The Bertz CT molecular complexity index is 1400. The van der Waals surface area contributed by atoms with Gasteiger partial charge in [0.2, 0.25) is 0 Å². The molecule has 0 unspecified atom stereocenters. The van der Waals surface area contributed by atoms with E-state index in [0.717, 1.165) is 10.9 Å². The lowest BCUT2D eigenvalue weighted by Gasteiger charge is -2.11. The van der Waals surface area contributed by atoms with Crippen molar-refractivity contribution < 1.29 is 18.7 Å². The number of rotatable bonds is 8. The van der Waals surface area contributed by atoms with Gasteiger partial charge < -0.3 is 13.9 Å². The standard InChI is InChI=1S/C25H18Cl4N2O4/c1-2-33-17-4-6-22-16(10-17)11-23(35-22)25(32)31-30-12-15-8-20(28)24(21(29)9-15)34-13-14-3-5-18(26)19(27)7-14/h3-12H,2,13H2,1H3,(H,31,32)/b30-12+. The Morgan fingerprint density at radius 2 is 1.71 bits per heavy atom. The first-order valence-electron chi connectivity index (χ1n) is 10.4. The molecule has 4 aromatic rings. The van der Waals surface area contributed by atoms with Crippen molar-refractivity contribution in [3.8, 4) is 11.5 Å². The van der Waals surface area contributed by atoms with Gasteiger partial charge in [-0.1, -0.05) is 52.5 Å². The van der Waals surface area contributed by atoms with Crippen LogP contribution in [-0.4, -0.2) is 18.7 Å². The minimum Gasteiger partial charge on any atom is -0.494 e. The van der Waals surface area contributed by atoms with Gasteiger partial charge in [0, 0.05) is 5.39 Å². The number of fused-ring (bicyclic) bond motifs is 1. The van der Waals surface area contributed by atoms with Crippen molar-refractivity contribution in [3.63, 3.8) is 0 Å². The molecule has 1 N–H and O–H groups in total. The van der Waals surface area contributed by atoms with E-state index in [2.05, 4.69) is 10.5 Å². The maximum absolute atomic E-state index is 12.4. The molecule has 0 radical (unpaired) electrons. The van der Waals surface area contributed by atoms with E-state index in [0.29, 0.717) is 39.3 Å².